The maximum Gasteiger partial charge on any atom is 0.188 e. The number of pyridine rings is 1. The van der Waals surface area contributed by atoms with Crippen molar-refractivity contribution in [2.24, 2.45) is 0 Å². The van der Waals surface area contributed by atoms with E-state index in [-0.39, 0.29) is 5.78 Å². The number of ketones is 1. The van der Waals surface area contributed by atoms with E-state index in [1.165, 1.54) is 5.69 Å². The molecule has 1 heterocycles. The summed E-state index contributed by atoms with van der Waals surface area (Å²) >= 11 is 0. The van der Waals surface area contributed by atoms with Crippen LogP contribution in [0.3, 0.4) is 0 Å². The Morgan fingerprint density at radius 3 is 2.22 bits per heavy atom. The van der Waals surface area contributed by atoms with E-state index >= 15 is 0 Å². The van der Waals surface area contributed by atoms with Crippen molar-refractivity contribution in [3.8, 4) is 11.1 Å². The average Bonchev–Trinajstić information content (AvgIpc) is 2.83. The fourth-order valence-corrected chi connectivity index (χ4v) is 4.18. The highest BCUT2D eigenvalue weighted by Crippen LogP contribution is 2.33. The van der Waals surface area contributed by atoms with E-state index in [0.717, 1.165) is 46.4 Å². The number of hydrogen-bond donors (Lipinski definition) is 0. The second-order valence-corrected chi connectivity index (χ2v) is 7.79. The van der Waals surface area contributed by atoms with Gasteiger partial charge in [-0.3, -0.25) is 9.78 Å². The number of carbonyl (C=O) groups is 1. The number of nitrogens with zero attached hydrogens (tertiary/aromatic N) is 2. The number of aryl methyl sites for hydroxylation is 1. The molecule has 1 aromatic heterocycles. The zero-order valence-corrected chi connectivity index (χ0v) is 18.9. The first-order chi connectivity index (χ1) is 15.6. The van der Waals surface area contributed by atoms with E-state index in [9.17, 15) is 4.79 Å². The summed E-state index contributed by atoms with van der Waals surface area (Å²) in [7, 11) is 0. The van der Waals surface area contributed by atoms with E-state index < -0.39 is 0 Å². The molecule has 160 valence electrons. The minimum absolute atomic E-state index is 0.0348. The molecule has 0 saturated heterocycles. The van der Waals surface area contributed by atoms with Crippen molar-refractivity contribution < 1.29 is 4.79 Å². The van der Waals surface area contributed by atoms with Crippen LogP contribution in [0.25, 0.3) is 28.1 Å². The lowest BCUT2D eigenvalue weighted by atomic mass is 9.92. The van der Waals surface area contributed by atoms with Crippen LogP contribution in [-0.4, -0.2) is 23.9 Å². The highest BCUT2D eigenvalue weighted by Gasteiger charge is 2.18. The monoisotopic (exact) mass is 420 g/mol. The van der Waals surface area contributed by atoms with Crippen molar-refractivity contribution in [3.63, 3.8) is 0 Å². The minimum Gasteiger partial charge on any atom is -0.372 e. The number of aromatic nitrogens is 1. The standard InChI is InChI=1S/C29H28N2O/c1-4-31(5-2)24-18-15-22(16-19-24)17-20-27(32)28-21(3)30-26-14-10-9-13-25(26)29(28)23-11-7-6-8-12-23/h6-20H,4-5H2,1-3H3. The van der Waals surface area contributed by atoms with Crippen LogP contribution in [0.15, 0.2) is 84.9 Å². The molecule has 0 saturated carbocycles. The zero-order chi connectivity index (χ0) is 22.5. The topological polar surface area (TPSA) is 33.2 Å². The molecular formula is C29H28N2O. The fourth-order valence-electron chi connectivity index (χ4n) is 4.18. The van der Waals surface area contributed by atoms with Gasteiger partial charge in [-0.05, 0) is 56.2 Å². The molecule has 0 aliphatic rings. The van der Waals surface area contributed by atoms with Gasteiger partial charge in [0.05, 0.1) is 11.1 Å². The molecule has 0 aliphatic heterocycles. The van der Waals surface area contributed by atoms with Gasteiger partial charge in [-0.25, -0.2) is 0 Å². The third kappa shape index (κ3) is 4.33. The summed E-state index contributed by atoms with van der Waals surface area (Å²) < 4.78 is 0. The number of hydrogen-bond acceptors (Lipinski definition) is 3. The molecule has 0 unspecified atom stereocenters. The number of para-hydroxylation sites is 1. The summed E-state index contributed by atoms with van der Waals surface area (Å²) in [6.07, 6.45) is 3.55. The normalized spacial score (nSPS) is 11.2. The second-order valence-electron chi connectivity index (χ2n) is 7.79. The molecular weight excluding hydrogens is 392 g/mol. The van der Waals surface area contributed by atoms with Gasteiger partial charge >= 0.3 is 0 Å². The van der Waals surface area contributed by atoms with Gasteiger partial charge in [0.15, 0.2) is 5.78 Å². The molecule has 0 N–H and O–H groups in total. The number of anilines is 1. The van der Waals surface area contributed by atoms with Crippen molar-refractivity contribution >= 4 is 28.4 Å². The van der Waals surface area contributed by atoms with Crippen LogP contribution in [0.4, 0.5) is 5.69 Å². The molecule has 4 aromatic rings. The number of rotatable bonds is 7. The lowest BCUT2D eigenvalue weighted by Crippen LogP contribution is -2.21. The van der Waals surface area contributed by atoms with Gasteiger partial charge in [0.1, 0.15) is 0 Å². The van der Waals surface area contributed by atoms with Crippen LogP contribution in [0, 0.1) is 6.92 Å². The Kier molecular flexibility index (Phi) is 6.46. The Hall–Kier alpha value is -3.72. The third-order valence-electron chi connectivity index (χ3n) is 5.83. The summed E-state index contributed by atoms with van der Waals surface area (Å²) in [6, 6.07) is 26.4. The predicted octanol–water partition coefficient (Wildman–Crippen LogP) is 6.95. The van der Waals surface area contributed by atoms with Gasteiger partial charge in [0.2, 0.25) is 0 Å². The number of carbonyl (C=O) groups excluding carboxylic acids is 1. The quantitative estimate of drug-likeness (QED) is 0.239. The van der Waals surface area contributed by atoms with E-state index in [1.54, 1.807) is 6.08 Å². The van der Waals surface area contributed by atoms with Gasteiger partial charge in [0.25, 0.3) is 0 Å². The number of benzene rings is 3. The summed E-state index contributed by atoms with van der Waals surface area (Å²) in [6.45, 7) is 8.17. The fraction of sp³-hybridized carbons (Fsp3) is 0.172. The van der Waals surface area contributed by atoms with E-state index in [4.69, 9.17) is 4.98 Å². The third-order valence-corrected chi connectivity index (χ3v) is 5.83. The summed E-state index contributed by atoms with van der Waals surface area (Å²) in [5.41, 5.74) is 6.47. The van der Waals surface area contributed by atoms with Crippen molar-refractivity contribution in [2.45, 2.75) is 20.8 Å². The number of fused-ring (bicyclic) bond motifs is 1. The largest absolute Gasteiger partial charge is 0.372 e. The smallest absolute Gasteiger partial charge is 0.188 e. The Morgan fingerprint density at radius 2 is 1.53 bits per heavy atom. The maximum absolute atomic E-state index is 13.4. The van der Waals surface area contributed by atoms with Crippen molar-refractivity contribution in [1.82, 2.24) is 4.98 Å². The molecule has 3 aromatic carbocycles. The van der Waals surface area contributed by atoms with Gasteiger partial charge < -0.3 is 4.90 Å². The highest BCUT2D eigenvalue weighted by molar-refractivity contribution is 6.16. The SMILES string of the molecule is CCN(CC)c1ccc(C=CC(=O)c2c(C)nc3ccccc3c2-c2ccccc2)cc1. The molecule has 32 heavy (non-hydrogen) atoms. The van der Waals surface area contributed by atoms with E-state index in [1.807, 2.05) is 67.6 Å². The van der Waals surface area contributed by atoms with Crippen LogP contribution in [0.1, 0.15) is 35.5 Å². The van der Waals surface area contributed by atoms with Gasteiger partial charge in [0, 0.05) is 35.4 Å². The second kappa shape index (κ2) is 9.61. The first kappa shape index (κ1) is 21.5. The zero-order valence-electron chi connectivity index (χ0n) is 18.9. The van der Waals surface area contributed by atoms with Crippen LogP contribution in [-0.2, 0) is 0 Å². The van der Waals surface area contributed by atoms with E-state index in [2.05, 4.69) is 43.0 Å². The Bertz CT molecular complexity index is 1250. The molecule has 0 radical (unpaired) electrons. The predicted molar refractivity (Wildman–Crippen MR) is 135 cm³/mol. The Labute approximate surface area is 190 Å². The molecule has 0 spiro atoms. The van der Waals surface area contributed by atoms with Gasteiger partial charge in [-0.15, -0.1) is 0 Å². The molecule has 0 atom stereocenters. The lowest BCUT2D eigenvalue weighted by Gasteiger charge is -2.20. The van der Waals surface area contributed by atoms with Crippen LogP contribution >= 0.6 is 0 Å². The van der Waals surface area contributed by atoms with Crippen molar-refractivity contribution in [3.05, 3.63) is 102 Å². The summed E-state index contributed by atoms with van der Waals surface area (Å²) in [5, 5.41) is 0.990. The summed E-state index contributed by atoms with van der Waals surface area (Å²) in [5.74, 6) is -0.0348. The molecule has 0 fully saturated rings. The van der Waals surface area contributed by atoms with Crippen molar-refractivity contribution in [1.29, 1.82) is 0 Å². The van der Waals surface area contributed by atoms with Crippen LogP contribution in [0.5, 0.6) is 0 Å². The first-order valence-corrected chi connectivity index (χ1v) is 11.1. The minimum atomic E-state index is -0.0348. The number of allylic oxidation sites excluding steroid dienone is 1. The van der Waals surface area contributed by atoms with Crippen molar-refractivity contribution in [2.75, 3.05) is 18.0 Å². The molecule has 0 bridgehead atoms. The maximum atomic E-state index is 13.4. The molecule has 3 heteroatoms. The van der Waals surface area contributed by atoms with Gasteiger partial charge in [-0.1, -0.05) is 66.7 Å². The molecule has 3 nitrogen and oxygen atoms in total. The lowest BCUT2D eigenvalue weighted by molar-refractivity contribution is 0.104. The van der Waals surface area contributed by atoms with Crippen LogP contribution < -0.4 is 4.90 Å². The first-order valence-electron chi connectivity index (χ1n) is 11.1. The Morgan fingerprint density at radius 1 is 0.875 bits per heavy atom. The van der Waals surface area contributed by atoms with Crippen LogP contribution in [0.2, 0.25) is 0 Å². The highest BCUT2D eigenvalue weighted by atomic mass is 16.1. The Balaban J connectivity index is 1.73. The molecule has 0 aliphatic carbocycles. The van der Waals surface area contributed by atoms with E-state index in [0.29, 0.717) is 5.56 Å². The molecule has 0 amide bonds. The van der Waals surface area contributed by atoms with Gasteiger partial charge in [-0.2, -0.15) is 0 Å². The average molecular weight is 421 g/mol. The summed E-state index contributed by atoms with van der Waals surface area (Å²) in [4.78, 5) is 20.4. The molecule has 4 rings (SSSR count).